The van der Waals surface area contributed by atoms with E-state index in [2.05, 4.69) is 130 Å². The van der Waals surface area contributed by atoms with Gasteiger partial charge in [-0.3, -0.25) is 0 Å². The summed E-state index contributed by atoms with van der Waals surface area (Å²) in [5.41, 5.74) is 2.58. The fraction of sp³-hybridized carbons (Fsp3) is 0. The predicted molar refractivity (Wildman–Crippen MR) is 147 cm³/mol. The summed E-state index contributed by atoms with van der Waals surface area (Å²) in [4.78, 5) is 8.00. The summed E-state index contributed by atoms with van der Waals surface area (Å²) in [6.07, 6.45) is 0. The lowest BCUT2D eigenvalue weighted by molar-refractivity contribution is 1.64. The van der Waals surface area contributed by atoms with E-state index < -0.39 is 0 Å². The van der Waals surface area contributed by atoms with Crippen molar-refractivity contribution in [2.75, 3.05) is 0 Å². The fourth-order valence-electron chi connectivity index (χ4n) is 3.08. The first-order valence-corrected chi connectivity index (χ1v) is 13.6. The zero-order valence-electron chi connectivity index (χ0n) is 15.1. The van der Waals surface area contributed by atoms with Crippen molar-refractivity contribution < 1.29 is 0 Å². The van der Waals surface area contributed by atoms with E-state index in [1.165, 1.54) is 47.5 Å². The van der Waals surface area contributed by atoms with E-state index in [4.69, 9.17) is 0 Å². The molecule has 0 aliphatic rings. The first-order valence-electron chi connectivity index (χ1n) is 8.98. The molecule has 0 unspecified atom stereocenters. The van der Waals surface area contributed by atoms with Crippen molar-refractivity contribution in [3.63, 3.8) is 0 Å². The Hall–Kier alpha value is -1.000. The molecule has 3 aromatic heterocycles. The molecule has 0 amide bonds. The van der Waals surface area contributed by atoms with Gasteiger partial charge in [-0.2, -0.15) is 0 Å². The summed E-state index contributed by atoms with van der Waals surface area (Å²) >= 11 is 10.3. The Morgan fingerprint density at radius 2 is 0.621 bits per heavy atom. The van der Waals surface area contributed by atoms with Gasteiger partial charge >= 0.3 is 0 Å². The van der Waals surface area contributed by atoms with Gasteiger partial charge < -0.3 is 0 Å². The lowest BCUT2D eigenvalue weighted by Crippen LogP contribution is -1.72. The van der Waals surface area contributed by atoms with E-state index in [1.54, 1.807) is 0 Å². The predicted octanol–water partition coefficient (Wildman–Crippen LogP) is 9.75. The molecule has 0 bridgehead atoms. The zero-order chi connectivity index (χ0) is 19.8. The lowest BCUT2D eigenvalue weighted by Gasteiger charge is -1.97. The van der Waals surface area contributed by atoms with Gasteiger partial charge in [0.2, 0.25) is 0 Å². The fourth-order valence-corrected chi connectivity index (χ4v) is 7.01. The highest BCUT2D eigenvalue weighted by Gasteiger charge is 2.11. The maximum Gasteiger partial charge on any atom is 0.0449 e. The van der Waals surface area contributed by atoms with Gasteiger partial charge in [0.1, 0.15) is 0 Å². The van der Waals surface area contributed by atoms with Crippen molar-refractivity contribution in [1.29, 1.82) is 0 Å². The Bertz CT molecular complexity index is 1160. The molecular weight excluding hydrogens is 638 g/mol. The SMILES string of the molecule is Ic1ccc(-c2ccc(-c3ccc(-c4ccc(-c5ccc(I)cc5)s4)s3)s2)cc1. The van der Waals surface area contributed by atoms with E-state index in [9.17, 15) is 0 Å². The standard InChI is InChI=1S/C24H14I2S3/c25-17-5-1-15(2-6-17)19-9-11-21(27-19)23-13-14-24(29-23)22-12-10-20(28-22)16-3-7-18(26)8-4-16/h1-14H. The number of benzene rings is 2. The maximum absolute atomic E-state index is 2.35. The second-order valence-corrected chi connectivity index (χ2v) is 12.2. The Morgan fingerprint density at radius 1 is 0.345 bits per heavy atom. The molecule has 29 heavy (non-hydrogen) atoms. The Balaban J connectivity index is 1.40. The van der Waals surface area contributed by atoms with Crippen LogP contribution in [0, 0.1) is 7.14 Å². The third kappa shape index (κ3) is 4.39. The average Bonchev–Trinajstić information content (AvgIpc) is 3.48. The van der Waals surface area contributed by atoms with E-state index in [0.717, 1.165) is 0 Å². The molecule has 142 valence electrons. The molecule has 3 heterocycles. The molecule has 0 aliphatic heterocycles. The van der Waals surface area contributed by atoms with Crippen molar-refractivity contribution in [2.24, 2.45) is 0 Å². The summed E-state index contributed by atoms with van der Waals surface area (Å²) in [5.74, 6) is 0. The van der Waals surface area contributed by atoms with Gasteiger partial charge in [-0.05, 0) is 117 Å². The third-order valence-electron chi connectivity index (χ3n) is 4.56. The monoisotopic (exact) mass is 652 g/mol. The molecule has 0 fully saturated rings. The molecule has 0 N–H and O–H groups in total. The summed E-state index contributed by atoms with van der Waals surface area (Å²) in [6.45, 7) is 0. The van der Waals surface area contributed by atoms with Crippen LogP contribution in [0.15, 0.2) is 84.9 Å². The molecule has 2 aromatic carbocycles. The Kier molecular flexibility index (Phi) is 5.93. The van der Waals surface area contributed by atoms with E-state index in [0.29, 0.717) is 0 Å². The van der Waals surface area contributed by atoms with Crippen molar-refractivity contribution >= 4 is 79.2 Å². The normalized spacial score (nSPS) is 11.1. The van der Waals surface area contributed by atoms with Crippen LogP contribution in [-0.2, 0) is 0 Å². The molecule has 0 aliphatic carbocycles. The number of rotatable bonds is 4. The van der Waals surface area contributed by atoms with Crippen LogP contribution in [-0.4, -0.2) is 0 Å². The van der Waals surface area contributed by atoms with E-state index in [-0.39, 0.29) is 0 Å². The van der Waals surface area contributed by atoms with Crippen LogP contribution < -0.4 is 0 Å². The van der Waals surface area contributed by atoms with Gasteiger partial charge in [0, 0.05) is 36.4 Å². The summed E-state index contributed by atoms with van der Waals surface area (Å²) in [7, 11) is 0. The quantitative estimate of drug-likeness (QED) is 0.170. The second kappa shape index (κ2) is 8.63. The van der Waals surface area contributed by atoms with E-state index in [1.807, 2.05) is 34.0 Å². The molecular formula is C24H14I2S3. The second-order valence-electron chi connectivity index (χ2n) is 6.51. The van der Waals surface area contributed by atoms with Crippen molar-refractivity contribution in [1.82, 2.24) is 0 Å². The highest BCUT2D eigenvalue weighted by Crippen LogP contribution is 2.43. The Labute approximate surface area is 209 Å². The molecule has 5 rings (SSSR count). The number of halogens is 2. The highest BCUT2D eigenvalue weighted by molar-refractivity contribution is 14.1. The summed E-state index contributed by atoms with van der Waals surface area (Å²) in [6, 6.07) is 31.0. The van der Waals surface area contributed by atoms with Crippen LogP contribution >= 0.6 is 79.2 Å². The first-order chi connectivity index (χ1) is 14.2. The molecule has 0 nitrogen and oxygen atoms in total. The number of hydrogen-bond acceptors (Lipinski definition) is 3. The van der Waals surface area contributed by atoms with Crippen LogP contribution in [0.1, 0.15) is 0 Å². The van der Waals surface area contributed by atoms with Gasteiger partial charge in [-0.15, -0.1) is 34.0 Å². The smallest absolute Gasteiger partial charge is 0.0449 e. The third-order valence-corrected chi connectivity index (χ3v) is 9.74. The van der Waals surface area contributed by atoms with Crippen LogP contribution in [0.3, 0.4) is 0 Å². The lowest BCUT2D eigenvalue weighted by atomic mass is 10.2. The molecule has 0 spiro atoms. The molecule has 0 saturated carbocycles. The largest absolute Gasteiger partial charge is 0.134 e. The number of thiophene rings is 3. The van der Waals surface area contributed by atoms with Gasteiger partial charge in [-0.1, -0.05) is 24.3 Å². The molecule has 0 atom stereocenters. The number of hydrogen-bond donors (Lipinski definition) is 0. The molecule has 0 saturated heterocycles. The molecule has 5 heteroatoms. The van der Waals surface area contributed by atoms with Crippen molar-refractivity contribution in [3.8, 4) is 40.4 Å². The summed E-state index contributed by atoms with van der Waals surface area (Å²) < 4.78 is 2.54. The summed E-state index contributed by atoms with van der Waals surface area (Å²) in [5, 5.41) is 0. The van der Waals surface area contributed by atoms with Crippen LogP contribution in [0.2, 0.25) is 0 Å². The van der Waals surface area contributed by atoms with Gasteiger partial charge in [0.25, 0.3) is 0 Å². The Morgan fingerprint density at radius 3 is 0.966 bits per heavy atom. The molecule has 5 aromatic rings. The molecule has 0 radical (unpaired) electrons. The van der Waals surface area contributed by atoms with Gasteiger partial charge in [0.05, 0.1) is 0 Å². The van der Waals surface area contributed by atoms with Crippen molar-refractivity contribution in [2.45, 2.75) is 0 Å². The van der Waals surface area contributed by atoms with Crippen molar-refractivity contribution in [3.05, 3.63) is 92.1 Å². The first kappa shape index (κ1) is 19.9. The van der Waals surface area contributed by atoms with Gasteiger partial charge in [0.15, 0.2) is 0 Å². The van der Waals surface area contributed by atoms with E-state index >= 15 is 0 Å². The maximum atomic E-state index is 2.35. The van der Waals surface area contributed by atoms with Crippen LogP contribution in [0.5, 0.6) is 0 Å². The van der Waals surface area contributed by atoms with Crippen LogP contribution in [0.4, 0.5) is 0 Å². The minimum Gasteiger partial charge on any atom is -0.134 e. The van der Waals surface area contributed by atoms with Crippen LogP contribution in [0.25, 0.3) is 40.4 Å². The minimum absolute atomic E-state index is 1.27. The topological polar surface area (TPSA) is 0 Å². The zero-order valence-corrected chi connectivity index (χ0v) is 21.8. The minimum atomic E-state index is 1.27. The average molecular weight is 652 g/mol. The highest BCUT2D eigenvalue weighted by atomic mass is 127. The van der Waals surface area contributed by atoms with Gasteiger partial charge in [-0.25, -0.2) is 0 Å².